The smallest absolute Gasteiger partial charge is 0.231 e. The maximum absolute atomic E-state index is 5.50. The van der Waals surface area contributed by atoms with Gasteiger partial charge in [0, 0.05) is 11.8 Å². The van der Waals surface area contributed by atoms with Crippen molar-refractivity contribution in [2.45, 2.75) is 39.7 Å². The highest BCUT2D eigenvalue weighted by Crippen LogP contribution is 2.35. The van der Waals surface area contributed by atoms with Crippen LogP contribution in [0.15, 0.2) is 18.2 Å². The van der Waals surface area contributed by atoms with Gasteiger partial charge in [-0.15, -0.1) is 0 Å². The molecule has 21 heavy (non-hydrogen) atoms. The van der Waals surface area contributed by atoms with Crippen LogP contribution in [0.25, 0.3) is 0 Å². The largest absolute Gasteiger partial charge is 0.454 e. The van der Waals surface area contributed by atoms with Crippen LogP contribution < -0.4 is 14.8 Å². The van der Waals surface area contributed by atoms with E-state index < -0.39 is 0 Å². The number of hydrogen-bond donors (Lipinski definition) is 1. The SMILES string of the molecule is CCCNC(CSCC(C)CC)c1ccc2c(c1)OCO2. The van der Waals surface area contributed by atoms with E-state index in [1.165, 1.54) is 17.7 Å². The molecule has 0 saturated carbocycles. The Kier molecular flexibility index (Phi) is 6.71. The highest BCUT2D eigenvalue weighted by Gasteiger charge is 2.18. The zero-order valence-electron chi connectivity index (χ0n) is 13.4. The second kappa shape index (κ2) is 8.54. The minimum absolute atomic E-state index is 0.342. The van der Waals surface area contributed by atoms with E-state index in [-0.39, 0.29) is 0 Å². The first-order valence-corrected chi connectivity index (χ1v) is 9.10. The molecule has 2 atom stereocenters. The van der Waals surface area contributed by atoms with Crippen molar-refractivity contribution in [1.29, 1.82) is 0 Å². The van der Waals surface area contributed by atoms with E-state index in [1.807, 2.05) is 17.8 Å². The van der Waals surface area contributed by atoms with Crippen LogP contribution >= 0.6 is 11.8 Å². The van der Waals surface area contributed by atoms with E-state index in [9.17, 15) is 0 Å². The van der Waals surface area contributed by atoms with Gasteiger partial charge in [-0.25, -0.2) is 0 Å². The second-order valence-electron chi connectivity index (χ2n) is 5.67. The molecule has 0 amide bonds. The Morgan fingerprint density at radius 3 is 2.76 bits per heavy atom. The van der Waals surface area contributed by atoms with Crippen LogP contribution in [-0.4, -0.2) is 24.8 Å². The summed E-state index contributed by atoms with van der Waals surface area (Å²) in [6.45, 7) is 8.17. The lowest BCUT2D eigenvalue weighted by molar-refractivity contribution is 0.174. The minimum Gasteiger partial charge on any atom is -0.454 e. The summed E-state index contributed by atoms with van der Waals surface area (Å²) in [5.74, 6) is 4.86. The van der Waals surface area contributed by atoms with Crippen LogP contribution in [0, 0.1) is 5.92 Å². The second-order valence-corrected chi connectivity index (χ2v) is 6.75. The fraction of sp³-hybridized carbons (Fsp3) is 0.647. The Morgan fingerprint density at radius 1 is 1.19 bits per heavy atom. The van der Waals surface area contributed by atoms with E-state index in [4.69, 9.17) is 9.47 Å². The quantitative estimate of drug-likeness (QED) is 0.739. The Morgan fingerprint density at radius 2 is 2.00 bits per heavy atom. The average molecular weight is 309 g/mol. The minimum atomic E-state index is 0.342. The molecule has 1 aliphatic heterocycles. The van der Waals surface area contributed by atoms with Crippen molar-refractivity contribution in [2.75, 3.05) is 24.8 Å². The first-order chi connectivity index (χ1) is 10.2. The van der Waals surface area contributed by atoms with Gasteiger partial charge in [0.15, 0.2) is 11.5 Å². The molecular formula is C17H27NO2S. The molecule has 4 heteroatoms. The maximum Gasteiger partial charge on any atom is 0.231 e. The van der Waals surface area contributed by atoms with Gasteiger partial charge >= 0.3 is 0 Å². The third-order valence-corrected chi connectivity index (χ3v) is 5.20. The van der Waals surface area contributed by atoms with Gasteiger partial charge in [-0.1, -0.05) is 33.3 Å². The normalized spacial score (nSPS) is 16.0. The lowest BCUT2D eigenvalue weighted by Crippen LogP contribution is -2.24. The van der Waals surface area contributed by atoms with Gasteiger partial charge in [0.2, 0.25) is 6.79 Å². The van der Waals surface area contributed by atoms with Gasteiger partial charge in [0.05, 0.1) is 0 Å². The molecule has 0 aliphatic carbocycles. The number of thioether (sulfide) groups is 1. The first-order valence-electron chi connectivity index (χ1n) is 7.95. The lowest BCUT2D eigenvalue weighted by Gasteiger charge is -2.20. The predicted octanol–water partition coefficient (Wildman–Crippen LogP) is 4.24. The molecule has 1 N–H and O–H groups in total. The Bertz CT molecular complexity index is 439. The van der Waals surface area contributed by atoms with Gasteiger partial charge in [0.1, 0.15) is 0 Å². The number of hydrogen-bond acceptors (Lipinski definition) is 4. The first kappa shape index (κ1) is 16.5. The molecular weight excluding hydrogens is 282 g/mol. The van der Waals surface area contributed by atoms with E-state index in [2.05, 4.69) is 38.2 Å². The summed E-state index contributed by atoms with van der Waals surface area (Å²) in [6.07, 6.45) is 2.40. The molecule has 1 heterocycles. The van der Waals surface area contributed by atoms with Crippen LogP contribution in [0.3, 0.4) is 0 Å². The third kappa shape index (κ3) is 4.82. The van der Waals surface area contributed by atoms with E-state index >= 15 is 0 Å². The number of rotatable bonds is 9. The molecule has 1 aromatic carbocycles. The lowest BCUT2D eigenvalue weighted by atomic mass is 10.1. The zero-order chi connectivity index (χ0) is 15.1. The molecule has 1 aliphatic rings. The summed E-state index contributed by atoms with van der Waals surface area (Å²) in [6, 6.07) is 6.69. The summed E-state index contributed by atoms with van der Waals surface area (Å²) >= 11 is 2.04. The number of fused-ring (bicyclic) bond motifs is 1. The summed E-state index contributed by atoms with van der Waals surface area (Å²) < 4.78 is 10.9. The number of ether oxygens (including phenoxy) is 2. The van der Waals surface area contributed by atoms with Crippen molar-refractivity contribution in [3.05, 3.63) is 23.8 Å². The standard InChI is InChI=1S/C17H27NO2S/c1-4-8-18-15(11-21-10-13(3)5-2)14-6-7-16-17(9-14)20-12-19-16/h6-7,9,13,15,18H,4-5,8,10-12H2,1-3H3. The number of nitrogens with one attached hydrogen (secondary N) is 1. The fourth-order valence-corrected chi connectivity index (χ4v) is 3.55. The average Bonchev–Trinajstić information content (AvgIpc) is 2.97. The molecule has 2 unspecified atom stereocenters. The molecule has 0 spiro atoms. The Labute approximate surface area is 132 Å². The topological polar surface area (TPSA) is 30.5 Å². The molecule has 0 radical (unpaired) electrons. The highest BCUT2D eigenvalue weighted by molar-refractivity contribution is 7.99. The number of benzene rings is 1. The highest BCUT2D eigenvalue weighted by atomic mass is 32.2. The van der Waals surface area contributed by atoms with Gasteiger partial charge in [0.25, 0.3) is 0 Å². The van der Waals surface area contributed by atoms with Gasteiger partial charge in [-0.05, 0) is 42.3 Å². The van der Waals surface area contributed by atoms with E-state index in [0.29, 0.717) is 12.8 Å². The van der Waals surface area contributed by atoms with Crippen LogP contribution in [0.4, 0.5) is 0 Å². The Balaban J connectivity index is 1.97. The monoisotopic (exact) mass is 309 g/mol. The molecule has 3 nitrogen and oxygen atoms in total. The molecule has 0 fully saturated rings. The molecule has 0 saturated heterocycles. The molecule has 2 rings (SSSR count). The van der Waals surface area contributed by atoms with Crippen molar-refractivity contribution in [3.63, 3.8) is 0 Å². The molecule has 0 bridgehead atoms. The summed E-state index contributed by atoms with van der Waals surface area (Å²) in [7, 11) is 0. The van der Waals surface area contributed by atoms with Crippen molar-refractivity contribution >= 4 is 11.8 Å². The van der Waals surface area contributed by atoms with Gasteiger partial charge in [-0.3, -0.25) is 0 Å². The van der Waals surface area contributed by atoms with Crippen LogP contribution in [-0.2, 0) is 0 Å². The summed E-state index contributed by atoms with van der Waals surface area (Å²) in [5, 5.41) is 3.65. The van der Waals surface area contributed by atoms with Crippen LogP contribution in [0.2, 0.25) is 0 Å². The molecule has 1 aromatic rings. The fourth-order valence-electron chi connectivity index (χ4n) is 2.23. The molecule has 0 aromatic heterocycles. The maximum atomic E-state index is 5.50. The summed E-state index contributed by atoms with van der Waals surface area (Å²) in [5.41, 5.74) is 1.30. The third-order valence-electron chi connectivity index (χ3n) is 3.82. The van der Waals surface area contributed by atoms with Crippen molar-refractivity contribution in [2.24, 2.45) is 5.92 Å². The van der Waals surface area contributed by atoms with E-state index in [0.717, 1.165) is 36.1 Å². The van der Waals surface area contributed by atoms with Gasteiger partial charge in [-0.2, -0.15) is 11.8 Å². The predicted molar refractivity (Wildman–Crippen MR) is 90.4 cm³/mol. The van der Waals surface area contributed by atoms with Crippen molar-refractivity contribution in [3.8, 4) is 11.5 Å². The van der Waals surface area contributed by atoms with Crippen LogP contribution in [0.5, 0.6) is 11.5 Å². The van der Waals surface area contributed by atoms with E-state index in [1.54, 1.807) is 0 Å². The van der Waals surface area contributed by atoms with Gasteiger partial charge < -0.3 is 14.8 Å². The summed E-state index contributed by atoms with van der Waals surface area (Å²) in [4.78, 5) is 0. The molecule has 118 valence electrons. The zero-order valence-corrected chi connectivity index (χ0v) is 14.2. The van der Waals surface area contributed by atoms with Crippen molar-refractivity contribution in [1.82, 2.24) is 5.32 Å². The Hall–Kier alpha value is -0.870. The van der Waals surface area contributed by atoms with Crippen molar-refractivity contribution < 1.29 is 9.47 Å². The van der Waals surface area contributed by atoms with Crippen LogP contribution in [0.1, 0.15) is 45.2 Å².